The molecule has 1 aromatic carbocycles. The number of aromatic nitrogens is 6. The molecule has 3 aliphatic rings. The van der Waals surface area contributed by atoms with Crippen molar-refractivity contribution in [3.8, 4) is 0 Å². The molecule has 1 atom stereocenters. The first-order valence-electron chi connectivity index (χ1n) is 13.7. The summed E-state index contributed by atoms with van der Waals surface area (Å²) in [5.41, 5.74) is 7.80. The Morgan fingerprint density at radius 2 is 1.85 bits per heavy atom. The van der Waals surface area contributed by atoms with E-state index < -0.39 is 11.9 Å². The number of rotatable bonds is 2. The highest BCUT2D eigenvalue weighted by molar-refractivity contribution is 5.98. The van der Waals surface area contributed by atoms with Crippen LogP contribution in [0.1, 0.15) is 63.5 Å². The van der Waals surface area contributed by atoms with Gasteiger partial charge in [-0.15, -0.1) is 5.10 Å². The zero-order valence-electron chi connectivity index (χ0n) is 22.2. The van der Waals surface area contributed by atoms with Gasteiger partial charge in [-0.3, -0.25) is 9.59 Å². The molecule has 10 nitrogen and oxygen atoms in total. The van der Waals surface area contributed by atoms with Gasteiger partial charge in [0.15, 0.2) is 5.65 Å². The van der Waals surface area contributed by atoms with Crippen molar-refractivity contribution in [2.45, 2.75) is 51.1 Å². The molecule has 3 aliphatic heterocycles. The third-order valence-corrected chi connectivity index (χ3v) is 8.31. The number of pyridine rings is 2. The standard InChI is InChI=1S/C30H29N7O3/c1-35-26-13-21-10-18(15-31-28(21)35)4-2-3-8-37-29-25(33-34-37)12-22(16-32-29)24(14-27(38)39)20-6-5-19-7-9-36(30(26)40)17-23(19)11-20/h5-6,10-13,15-16,24H,2-4,7-9,14,17H2,1H3,(H,38,39). The number of hydrogen-bond donors (Lipinski definition) is 1. The Morgan fingerprint density at radius 1 is 0.975 bits per heavy atom. The van der Waals surface area contributed by atoms with Crippen LogP contribution in [0.3, 0.4) is 0 Å². The fourth-order valence-electron chi connectivity index (χ4n) is 6.15. The zero-order chi connectivity index (χ0) is 27.4. The molecular weight excluding hydrogens is 506 g/mol. The SMILES string of the molecule is Cn1c2cc3cc(cnc31)CCCCn1nnc3cc(cnc31)C(CC(=O)O)c1ccc3c(c1)CN(CC3)C2=O. The van der Waals surface area contributed by atoms with Crippen LogP contribution in [-0.2, 0) is 37.8 Å². The van der Waals surface area contributed by atoms with Gasteiger partial charge in [-0.25, -0.2) is 14.6 Å². The Labute approximate surface area is 230 Å². The number of nitrogens with zero attached hydrogens (tertiary/aromatic N) is 7. The van der Waals surface area contributed by atoms with Crippen LogP contribution >= 0.6 is 0 Å². The number of carboxylic acids is 1. The summed E-state index contributed by atoms with van der Waals surface area (Å²) in [6.07, 6.45) is 7.03. The van der Waals surface area contributed by atoms with Crippen LogP contribution in [-0.4, -0.2) is 58.0 Å². The number of carbonyl (C=O) groups is 2. The summed E-state index contributed by atoms with van der Waals surface area (Å²) in [6, 6.07) is 12.1. The highest BCUT2D eigenvalue weighted by Gasteiger charge is 2.27. The van der Waals surface area contributed by atoms with Crippen LogP contribution < -0.4 is 0 Å². The smallest absolute Gasteiger partial charge is 0.304 e. The summed E-state index contributed by atoms with van der Waals surface area (Å²) < 4.78 is 3.70. The first-order chi connectivity index (χ1) is 19.4. The minimum absolute atomic E-state index is 0.0249. The van der Waals surface area contributed by atoms with Crippen molar-refractivity contribution >= 4 is 34.1 Å². The van der Waals surface area contributed by atoms with Crippen molar-refractivity contribution in [3.05, 3.63) is 82.3 Å². The van der Waals surface area contributed by atoms with Crippen LogP contribution in [0.2, 0.25) is 0 Å². The molecule has 0 radical (unpaired) electrons. The van der Waals surface area contributed by atoms with Gasteiger partial charge in [0.05, 0.1) is 6.42 Å². The highest BCUT2D eigenvalue weighted by atomic mass is 16.4. The third kappa shape index (κ3) is 4.20. The Kier molecular flexibility index (Phi) is 5.83. The van der Waals surface area contributed by atoms with Crippen LogP contribution in [0.4, 0.5) is 0 Å². The number of aliphatic carboxylic acids is 1. The van der Waals surface area contributed by atoms with Crippen molar-refractivity contribution < 1.29 is 14.7 Å². The highest BCUT2D eigenvalue weighted by Crippen LogP contribution is 2.33. The van der Waals surface area contributed by atoms with E-state index in [0.29, 0.717) is 36.5 Å². The lowest BCUT2D eigenvalue weighted by atomic mass is 9.86. The third-order valence-electron chi connectivity index (χ3n) is 8.31. The zero-order valence-corrected chi connectivity index (χ0v) is 22.2. The van der Waals surface area contributed by atoms with Gasteiger partial charge in [0.2, 0.25) is 0 Å². The van der Waals surface area contributed by atoms with Crippen molar-refractivity contribution in [1.82, 2.24) is 34.4 Å². The number of benzene rings is 1. The quantitative estimate of drug-likeness (QED) is 0.365. The number of fused-ring (bicyclic) bond motifs is 4. The van der Waals surface area contributed by atoms with Gasteiger partial charge in [0.25, 0.3) is 5.91 Å². The van der Waals surface area contributed by atoms with Crippen molar-refractivity contribution in [2.75, 3.05) is 6.54 Å². The molecule has 1 N–H and O–H groups in total. The molecule has 202 valence electrons. The van der Waals surface area contributed by atoms with Crippen molar-refractivity contribution in [3.63, 3.8) is 0 Å². The number of aryl methyl sites for hydroxylation is 3. The Balaban J connectivity index is 1.34. The van der Waals surface area contributed by atoms with Gasteiger partial charge in [-0.2, -0.15) is 0 Å². The molecular formula is C30H29N7O3. The molecule has 40 heavy (non-hydrogen) atoms. The van der Waals surface area contributed by atoms with Crippen LogP contribution in [0.25, 0.3) is 22.2 Å². The fourth-order valence-corrected chi connectivity index (χ4v) is 6.15. The average Bonchev–Trinajstić information content (AvgIpc) is 3.52. The van der Waals surface area contributed by atoms with Crippen molar-refractivity contribution in [2.24, 2.45) is 7.05 Å². The van der Waals surface area contributed by atoms with Gasteiger partial charge in [0, 0.05) is 50.4 Å². The Bertz CT molecular complexity index is 1800. The normalized spacial score (nSPS) is 17.5. The molecule has 4 aromatic heterocycles. The van der Waals surface area contributed by atoms with E-state index in [1.807, 2.05) is 45.6 Å². The largest absolute Gasteiger partial charge is 0.481 e. The topological polar surface area (TPSA) is 119 Å². The van der Waals surface area contributed by atoms with Crippen LogP contribution in [0.15, 0.2) is 48.8 Å². The van der Waals surface area contributed by atoms with E-state index in [-0.39, 0.29) is 12.3 Å². The molecule has 0 saturated heterocycles. The second-order valence-electron chi connectivity index (χ2n) is 10.9. The molecule has 8 rings (SSSR count). The first-order valence-corrected chi connectivity index (χ1v) is 13.7. The first kappa shape index (κ1) is 24.4. The summed E-state index contributed by atoms with van der Waals surface area (Å²) in [5.74, 6) is -1.31. The van der Waals surface area contributed by atoms with Gasteiger partial charge >= 0.3 is 5.97 Å². The van der Waals surface area contributed by atoms with Gasteiger partial charge in [-0.05, 0) is 71.7 Å². The molecule has 0 saturated carbocycles. The lowest BCUT2D eigenvalue weighted by molar-refractivity contribution is -0.137. The summed E-state index contributed by atoms with van der Waals surface area (Å²) >= 11 is 0. The maximum atomic E-state index is 13.7. The molecule has 10 heteroatoms. The minimum Gasteiger partial charge on any atom is -0.481 e. The van der Waals surface area contributed by atoms with E-state index in [1.165, 1.54) is 5.56 Å². The lowest BCUT2D eigenvalue weighted by Crippen LogP contribution is -2.37. The second-order valence-corrected chi connectivity index (χ2v) is 10.9. The molecule has 1 amide bonds. The van der Waals surface area contributed by atoms with E-state index in [4.69, 9.17) is 4.98 Å². The van der Waals surface area contributed by atoms with Gasteiger partial charge < -0.3 is 14.6 Å². The maximum absolute atomic E-state index is 13.7. The predicted molar refractivity (Wildman–Crippen MR) is 148 cm³/mol. The monoisotopic (exact) mass is 535 g/mol. The molecule has 0 fully saturated rings. The van der Waals surface area contributed by atoms with Gasteiger partial charge in [-0.1, -0.05) is 23.4 Å². The summed E-state index contributed by atoms with van der Waals surface area (Å²) in [6.45, 7) is 1.77. The maximum Gasteiger partial charge on any atom is 0.304 e. The Morgan fingerprint density at radius 3 is 2.73 bits per heavy atom. The van der Waals surface area contributed by atoms with Crippen molar-refractivity contribution in [1.29, 1.82) is 0 Å². The molecule has 5 aromatic rings. The van der Waals surface area contributed by atoms with E-state index in [9.17, 15) is 14.7 Å². The molecule has 7 heterocycles. The summed E-state index contributed by atoms with van der Waals surface area (Å²) in [4.78, 5) is 36.9. The van der Waals surface area contributed by atoms with E-state index in [1.54, 1.807) is 6.20 Å². The number of carbonyl (C=O) groups excluding carboxylic acids is 1. The van der Waals surface area contributed by atoms with E-state index in [2.05, 4.69) is 33.5 Å². The molecule has 1 unspecified atom stereocenters. The van der Waals surface area contributed by atoms with E-state index >= 15 is 0 Å². The molecule has 0 aliphatic carbocycles. The lowest BCUT2D eigenvalue weighted by Gasteiger charge is -2.30. The van der Waals surface area contributed by atoms with E-state index in [0.717, 1.165) is 59.0 Å². The predicted octanol–water partition coefficient (Wildman–Crippen LogP) is 3.85. The second kappa shape index (κ2) is 9.55. The summed E-state index contributed by atoms with van der Waals surface area (Å²) in [7, 11) is 1.89. The fraction of sp³-hybridized carbons (Fsp3) is 0.333. The minimum atomic E-state index is -0.888. The molecule has 10 bridgehead atoms. The average molecular weight is 536 g/mol. The van der Waals surface area contributed by atoms with Crippen LogP contribution in [0.5, 0.6) is 0 Å². The number of hydrogen-bond acceptors (Lipinski definition) is 6. The number of amides is 1. The van der Waals surface area contributed by atoms with Crippen LogP contribution in [0, 0.1) is 0 Å². The Hall–Kier alpha value is -4.60. The van der Waals surface area contributed by atoms with Gasteiger partial charge in [0.1, 0.15) is 16.9 Å². The summed E-state index contributed by atoms with van der Waals surface area (Å²) in [5, 5.41) is 19.4. The molecule has 0 spiro atoms. The number of carboxylic acid groups (broad SMARTS) is 1.